The minimum Gasteiger partial charge on any atom is -0.406 e. The number of ether oxygens (including phenoxy) is 1. The summed E-state index contributed by atoms with van der Waals surface area (Å²) >= 11 is 0. The molecule has 3 N–H and O–H groups in total. The molecule has 3 aromatic rings. The fraction of sp³-hybridized carbons (Fsp3) is 0.158. The predicted molar refractivity (Wildman–Crippen MR) is 99.8 cm³/mol. The monoisotopic (exact) mass is 389 g/mol. The van der Waals surface area contributed by atoms with Gasteiger partial charge in [0.25, 0.3) is 0 Å². The van der Waals surface area contributed by atoms with Crippen LogP contribution in [0.1, 0.15) is 11.1 Å². The lowest BCUT2D eigenvalue weighted by molar-refractivity contribution is -0.274. The molecule has 0 amide bonds. The molecule has 2 aromatic carbocycles. The van der Waals surface area contributed by atoms with E-state index in [0.717, 1.165) is 11.1 Å². The minimum atomic E-state index is -4.72. The van der Waals surface area contributed by atoms with E-state index in [-0.39, 0.29) is 11.7 Å². The number of alkyl halides is 3. The average Bonchev–Trinajstić information content (AvgIpc) is 3.14. The van der Waals surface area contributed by atoms with Crippen molar-refractivity contribution in [2.24, 2.45) is 10.7 Å². The van der Waals surface area contributed by atoms with E-state index in [1.165, 1.54) is 24.3 Å². The van der Waals surface area contributed by atoms with Crippen molar-refractivity contribution in [1.82, 2.24) is 9.55 Å². The van der Waals surface area contributed by atoms with Gasteiger partial charge in [-0.3, -0.25) is 0 Å². The maximum Gasteiger partial charge on any atom is 0.573 e. The third kappa shape index (κ3) is 6.04. The van der Waals surface area contributed by atoms with Crippen molar-refractivity contribution in [1.29, 1.82) is 0 Å². The Bertz CT molecular complexity index is 921. The molecule has 0 saturated carbocycles. The highest BCUT2D eigenvalue weighted by atomic mass is 19.4. The number of benzene rings is 2. The van der Waals surface area contributed by atoms with E-state index in [1.54, 1.807) is 12.5 Å². The van der Waals surface area contributed by atoms with Gasteiger partial charge in [0.1, 0.15) is 5.75 Å². The van der Waals surface area contributed by atoms with E-state index in [4.69, 9.17) is 5.73 Å². The van der Waals surface area contributed by atoms with Gasteiger partial charge in [0.05, 0.1) is 12.9 Å². The van der Waals surface area contributed by atoms with Crippen LogP contribution in [0.25, 0.3) is 0 Å². The smallest absolute Gasteiger partial charge is 0.406 e. The SMILES string of the molecule is NC(=NCc1cccc(Cn2ccnc2)c1)Nc1ccc(OC(F)(F)F)cc1. The highest BCUT2D eigenvalue weighted by Gasteiger charge is 2.30. The standard InChI is InChI=1S/C19H18F3N5O/c20-19(21,22)28-17-6-4-16(5-7-17)26-18(23)25-11-14-2-1-3-15(10-14)12-27-9-8-24-13-27/h1-10,13H,11-12H2,(H3,23,25,26). The van der Waals surface area contributed by atoms with Crippen LogP contribution in [-0.2, 0) is 13.1 Å². The van der Waals surface area contributed by atoms with Crippen molar-refractivity contribution in [2.75, 3.05) is 5.32 Å². The van der Waals surface area contributed by atoms with Crippen LogP contribution in [0.2, 0.25) is 0 Å². The summed E-state index contributed by atoms with van der Waals surface area (Å²) in [4.78, 5) is 8.28. The zero-order valence-corrected chi connectivity index (χ0v) is 14.7. The Morgan fingerprint density at radius 1 is 1.14 bits per heavy atom. The fourth-order valence-corrected chi connectivity index (χ4v) is 2.52. The normalized spacial score (nSPS) is 12.0. The van der Waals surface area contributed by atoms with Crippen LogP contribution >= 0.6 is 0 Å². The van der Waals surface area contributed by atoms with E-state index in [9.17, 15) is 13.2 Å². The van der Waals surface area contributed by atoms with Gasteiger partial charge in [0.2, 0.25) is 0 Å². The number of anilines is 1. The van der Waals surface area contributed by atoms with Crippen LogP contribution < -0.4 is 15.8 Å². The zero-order chi connectivity index (χ0) is 20.0. The van der Waals surface area contributed by atoms with E-state index < -0.39 is 6.36 Å². The van der Waals surface area contributed by atoms with Gasteiger partial charge >= 0.3 is 6.36 Å². The molecule has 0 aliphatic heterocycles. The fourth-order valence-electron chi connectivity index (χ4n) is 2.52. The molecule has 0 saturated heterocycles. The lowest BCUT2D eigenvalue weighted by Crippen LogP contribution is -2.22. The number of nitrogens with one attached hydrogen (secondary N) is 1. The van der Waals surface area contributed by atoms with Crippen LogP contribution in [0.5, 0.6) is 5.75 Å². The first-order valence-electron chi connectivity index (χ1n) is 8.34. The molecule has 0 unspecified atom stereocenters. The summed E-state index contributed by atoms with van der Waals surface area (Å²) in [6.07, 6.45) is 0.639. The molecule has 6 nitrogen and oxygen atoms in total. The average molecular weight is 389 g/mol. The maximum atomic E-state index is 12.2. The molecular weight excluding hydrogens is 371 g/mol. The molecule has 0 aliphatic carbocycles. The molecule has 9 heteroatoms. The minimum absolute atomic E-state index is 0.157. The lowest BCUT2D eigenvalue weighted by atomic mass is 10.1. The first-order valence-corrected chi connectivity index (χ1v) is 8.34. The molecule has 0 spiro atoms. The molecule has 0 atom stereocenters. The van der Waals surface area contributed by atoms with Gasteiger partial charge in [0, 0.05) is 24.6 Å². The van der Waals surface area contributed by atoms with Crippen LogP contribution in [0.4, 0.5) is 18.9 Å². The summed E-state index contributed by atoms with van der Waals surface area (Å²) in [6, 6.07) is 13.2. The number of imidazole rings is 1. The second-order valence-electron chi connectivity index (χ2n) is 5.95. The Labute approximate surface area is 159 Å². The van der Waals surface area contributed by atoms with E-state index in [0.29, 0.717) is 18.8 Å². The number of rotatable bonds is 6. The van der Waals surface area contributed by atoms with Crippen molar-refractivity contribution >= 4 is 11.6 Å². The predicted octanol–water partition coefficient (Wildman–Crippen LogP) is 3.76. The summed E-state index contributed by atoms with van der Waals surface area (Å²) in [6.45, 7) is 1.07. The summed E-state index contributed by atoms with van der Waals surface area (Å²) in [5.74, 6) is -0.146. The molecule has 0 aliphatic rings. The van der Waals surface area contributed by atoms with E-state index in [2.05, 4.69) is 20.0 Å². The number of nitrogens with two attached hydrogens (primary N) is 1. The summed E-state index contributed by atoms with van der Waals surface area (Å²) < 4.78 is 42.3. The molecule has 28 heavy (non-hydrogen) atoms. The molecule has 3 rings (SSSR count). The number of hydrogen-bond acceptors (Lipinski definition) is 3. The summed E-state index contributed by atoms with van der Waals surface area (Å²) in [5.41, 5.74) is 8.45. The molecular formula is C19H18F3N5O. The van der Waals surface area contributed by atoms with Gasteiger partial charge in [0.15, 0.2) is 5.96 Å². The first-order chi connectivity index (χ1) is 13.4. The molecule has 0 radical (unpaired) electrons. The number of hydrogen-bond donors (Lipinski definition) is 2. The molecule has 0 fully saturated rings. The van der Waals surface area contributed by atoms with E-state index in [1.807, 2.05) is 35.0 Å². The van der Waals surface area contributed by atoms with Crippen LogP contribution in [0.15, 0.2) is 72.2 Å². The number of aromatic nitrogens is 2. The van der Waals surface area contributed by atoms with E-state index >= 15 is 0 Å². The van der Waals surface area contributed by atoms with Gasteiger partial charge < -0.3 is 20.4 Å². The first kappa shape index (κ1) is 19.3. The molecule has 0 bridgehead atoms. The quantitative estimate of drug-likeness (QED) is 0.497. The van der Waals surface area contributed by atoms with Crippen molar-refractivity contribution < 1.29 is 17.9 Å². The Morgan fingerprint density at radius 3 is 2.57 bits per heavy atom. The van der Waals surface area contributed by atoms with Crippen LogP contribution in [-0.4, -0.2) is 21.9 Å². The maximum absolute atomic E-state index is 12.2. The van der Waals surface area contributed by atoms with Crippen molar-refractivity contribution in [2.45, 2.75) is 19.5 Å². The lowest BCUT2D eigenvalue weighted by Gasteiger charge is -2.10. The Balaban J connectivity index is 1.57. The van der Waals surface area contributed by atoms with Crippen molar-refractivity contribution in [3.8, 4) is 5.75 Å². The number of halogens is 3. The second-order valence-corrected chi connectivity index (χ2v) is 5.95. The van der Waals surface area contributed by atoms with Crippen LogP contribution in [0, 0.1) is 0 Å². The third-order valence-electron chi connectivity index (χ3n) is 3.71. The molecule has 1 aromatic heterocycles. The highest BCUT2D eigenvalue weighted by Crippen LogP contribution is 2.23. The van der Waals surface area contributed by atoms with Crippen molar-refractivity contribution in [3.63, 3.8) is 0 Å². The third-order valence-corrected chi connectivity index (χ3v) is 3.71. The zero-order valence-electron chi connectivity index (χ0n) is 14.7. The van der Waals surface area contributed by atoms with Crippen LogP contribution in [0.3, 0.4) is 0 Å². The number of nitrogens with zero attached hydrogens (tertiary/aromatic N) is 3. The van der Waals surface area contributed by atoms with Gasteiger partial charge in [-0.25, -0.2) is 9.98 Å². The topological polar surface area (TPSA) is 77.5 Å². The Hall–Kier alpha value is -3.49. The Kier molecular flexibility index (Phi) is 5.83. The summed E-state index contributed by atoms with van der Waals surface area (Å²) in [7, 11) is 0. The summed E-state index contributed by atoms with van der Waals surface area (Å²) in [5, 5.41) is 2.83. The van der Waals surface area contributed by atoms with Gasteiger partial charge in [-0.2, -0.15) is 0 Å². The molecule has 1 heterocycles. The molecule has 146 valence electrons. The number of aliphatic imine (C=N–C) groups is 1. The van der Waals surface area contributed by atoms with Gasteiger partial charge in [-0.1, -0.05) is 24.3 Å². The largest absolute Gasteiger partial charge is 0.573 e. The Morgan fingerprint density at radius 2 is 1.89 bits per heavy atom. The van der Waals surface area contributed by atoms with Crippen molar-refractivity contribution in [3.05, 3.63) is 78.4 Å². The number of guanidine groups is 1. The second kappa shape index (κ2) is 8.47. The van der Waals surface area contributed by atoms with Gasteiger partial charge in [-0.05, 0) is 35.4 Å². The highest BCUT2D eigenvalue weighted by molar-refractivity contribution is 5.92. The van der Waals surface area contributed by atoms with Gasteiger partial charge in [-0.15, -0.1) is 13.2 Å².